The molecule has 0 amide bonds. The molecule has 1 aromatic rings. The average Bonchev–Trinajstić information content (AvgIpc) is 2.54. The molecule has 0 bridgehead atoms. The molecule has 2 aliphatic rings. The molecule has 3 heteroatoms. The molecule has 3 rings (SSSR count). The van der Waals surface area contributed by atoms with Crippen LogP contribution in [-0.4, -0.2) is 13.1 Å². The second kappa shape index (κ2) is 4.36. The van der Waals surface area contributed by atoms with Gasteiger partial charge in [0, 0.05) is 6.04 Å². The molecular weight excluding hydrogens is 220 g/mol. The zero-order valence-corrected chi connectivity index (χ0v) is 10.2. The van der Waals surface area contributed by atoms with Crippen molar-refractivity contribution in [3.05, 3.63) is 35.4 Å². The first kappa shape index (κ1) is 11.9. The molecule has 1 atom stereocenters. The highest BCUT2D eigenvalue weighted by Gasteiger charge is 2.44. The predicted octanol–water partition coefficient (Wildman–Crippen LogP) is 2.03. The Hall–Kier alpha value is -0.570. The van der Waals surface area contributed by atoms with Crippen molar-refractivity contribution in [1.29, 1.82) is 0 Å². The third-order valence-electron chi connectivity index (χ3n) is 4.19. The number of benzene rings is 1. The molecular formula is C13H19ClN2. The van der Waals surface area contributed by atoms with Crippen LogP contribution in [0.4, 0.5) is 0 Å². The van der Waals surface area contributed by atoms with Crippen LogP contribution >= 0.6 is 12.4 Å². The molecule has 1 heterocycles. The highest BCUT2D eigenvalue weighted by atomic mass is 35.5. The monoisotopic (exact) mass is 238 g/mol. The summed E-state index contributed by atoms with van der Waals surface area (Å²) in [6.07, 6.45) is 3.64. The summed E-state index contributed by atoms with van der Waals surface area (Å²) in [5.41, 5.74) is 9.65. The fourth-order valence-electron chi connectivity index (χ4n) is 3.23. The van der Waals surface area contributed by atoms with Crippen molar-refractivity contribution in [3.63, 3.8) is 0 Å². The van der Waals surface area contributed by atoms with Crippen LogP contribution in [-0.2, 0) is 6.42 Å². The molecule has 1 aliphatic carbocycles. The van der Waals surface area contributed by atoms with Crippen molar-refractivity contribution in [2.75, 3.05) is 13.1 Å². The van der Waals surface area contributed by atoms with Crippen molar-refractivity contribution in [1.82, 2.24) is 5.32 Å². The number of hydrogen-bond acceptors (Lipinski definition) is 2. The summed E-state index contributed by atoms with van der Waals surface area (Å²) in [6.45, 7) is 2.25. The Morgan fingerprint density at radius 3 is 2.56 bits per heavy atom. The maximum Gasteiger partial charge on any atom is 0.0359 e. The van der Waals surface area contributed by atoms with E-state index in [0.717, 1.165) is 13.1 Å². The quantitative estimate of drug-likeness (QED) is 0.726. The lowest BCUT2D eigenvalue weighted by Gasteiger charge is -2.37. The van der Waals surface area contributed by atoms with Crippen LogP contribution in [0.1, 0.15) is 30.0 Å². The Labute approximate surface area is 103 Å². The van der Waals surface area contributed by atoms with Gasteiger partial charge in [-0.1, -0.05) is 24.3 Å². The summed E-state index contributed by atoms with van der Waals surface area (Å²) in [7, 11) is 0. The SMILES string of the molecule is Cl.NC1c2ccccc2CC12CCNCC2. The number of nitrogens with two attached hydrogens (primary N) is 1. The predicted molar refractivity (Wildman–Crippen MR) is 68.9 cm³/mol. The van der Waals surface area contributed by atoms with Gasteiger partial charge in [0.15, 0.2) is 0 Å². The summed E-state index contributed by atoms with van der Waals surface area (Å²) < 4.78 is 0. The molecule has 0 aromatic heterocycles. The third-order valence-corrected chi connectivity index (χ3v) is 4.19. The topological polar surface area (TPSA) is 38.0 Å². The molecule has 1 unspecified atom stereocenters. The number of rotatable bonds is 0. The molecule has 1 fully saturated rings. The number of halogens is 1. The minimum Gasteiger partial charge on any atom is -0.323 e. The Kier molecular flexibility index (Phi) is 3.24. The van der Waals surface area contributed by atoms with Crippen LogP contribution in [0.25, 0.3) is 0 Å². The molecule has 1 saturated heterocycles. The fraction of sp³-hybridized carbons (Fsp3) is 0.538. The van der Waals surface area contributed by atoms with Gasteiger partial charge in [-0.3, -0.25) is 0 Å². The van der Waals surface area contributed by atoms with Crippen molar-refractivity contribution < 1.29 is 0 Å². The number of nitrogens with one attached hydrogen (secondary N) is 1. The van der Waals surface area contributed by atoms with E-state index in [2.05, 4.69) is 29.6 Å². The van der Waals surface area contributed by atoms with Crippen molar-refractivity contribution in [2.24, 2.45) is 11.1 Å². The van der Waals surface area contributed by atoms with E-state index in [9.17, 15) is 0 Å². The number of hydrogen-bond donors (Lipinski definition) is 2. The standard InChI is InChI=1S/C13H18N2.ClH/c14-12-11-4-2-1-3-10(11)9-13(12)5-7-15-8-6-13;/h1-4,12,15H,5-9,14H2;1H. The zero-order valence-electron chi connectivity index (χ0n) is 9.41. The highest BCUT2D eigenvalue weighted by molar-refractivity contribution is 5.85. The normalized spacial score (nSPS) is 26.2. The van der Waals surface area contributed by atoms with E-state index >= 15 is 0 Å². The fourth-order valence-corrected chi connectivity index (χ4v) is 3.23. The summed E-state index contributed by atoms with van der Waals surface area (Å²) in [5.74, 6) is 0. The van der Waals surface area contributed by atoms with Crippen molar-refractivity contribution in [2.45, 2.75) is 25.3 Å². The van der Waals surface area contributed by atoms with E-state index in [4.69, 9.17) is 5.73 Å². The molecule has 3 N–H and O–H groups in total. The van der Waals surface area contributed by atoms with Gasteiger partial charge in [0.2, 0.25) is 0 Å². The molecule has 0 saturated carbocycles. The zero-order chi connectivity index (χ0) is 10.3. The molecule has 2 nitrogen and oxygen atoms in total. The Bertz CT molecular complexity index is 372. The van der Waals surface area contributed by atoms with Gasteiger partial charge in [-0.2, -0.15) is 0 Å². The maximum atomic E-state index is 6.43. The van der Waals surface area contributed by atoms with Gasteiger partial charge in [0.25, 0.3) is 0 Å². The average molecular weight is 239 g/mol. The molecule has 1 aromatic carbocycles. The van der Waals surface area contributed by atoms with Gasteiger partial charge in [-0.25, -0.2) is 0 Å². The van der Waals surface area contributed by atoms with Crippen LogP contribution < -0.4 is 11.1 Å². The van der Waals surface area contributed by atoms with Crippen LogP contribution in [0, 0.1) is 5.41 Å². The summed E-state index contributed by atoms with van der Waals surface area (Å²) in [5, 5.41) is 3.43. The van der Waals surface area contributed by atoms with Gasteiger partial charge in [-0.05, 0) is 48.9 Å². The summed E-state index contributed by atoms with van der Waals surface area (Å²) >= 11 is 0. The van der Waals surface area contributed by atoms with Crippen LogP contribution in [0.3, 0.4) is 0 Å². The molecule has 0 radical (unpaired) electrons. The molecule has 1 aliphatic heterocycles. The maximum absolute atomic E-state index is 6.43. The Morgan fingerprint density at radius 1 is 1.19 bits per heavy atom. The summed E-state index contributed by atoms with van der Waals surface area (Å²) in [6, 6.07) is 8.95. The molecule has 1 spiro atoms. The van der Waals surface area contributed by atoms with Gasteiger partial charge in [-0.15, -0.1) is 12.4 Å². The first-order valence-corrected chi connectivity index (χ1v) is 5.86. The first-order valence-electron chi connectivity index (χ1n) is 5.86. The van der Waals surface area contributed by atoms with Crippen LogP contribution in [0.2, 0.25) is 0 Å². The van der Waals surface area contributed by atoms with Crippen molar-refractivity contribution in [3.8, 4) is 0 Å². The Morgan fingerprint density at radius 2 is 1.88 bits per heavy atom. The van der Waals surface area contributed by atoms with Crippen LogP contribution in [0.15, 0.2) is 24.3 Å². The van der Waals surface area contributed by atoms with Gasteiger partial charge >= 0.3 is 0 Å². The second-order valence-corrected chi connectivity index (χ2v) is 4.97. The number of fused-ring (bicyclic) bond motifs is 1. The first-order chi connectivity index (χ1) is 7.32. The minimum atomic E-state index is 0. The van der Waals surface area contributed by atoms with E-state index in [1.165, 1.54) is 30.4 Å². The lowest BCUT2D eigenvalue weighted by Crippen LogP contribution is -2.41. The highest BCUT2D eigenvalue weighted by Crippen LogP contribution is 2.49. The van der Waals surface area contributed by atoms with Gasteiger partial charge < -0.3 is 11.1 Å². The number of piperidine rings is 1. The largest absolute Gasteiger partial charge is 0.323 e. The van der Waals surface area contributed by atoms with E-state index in [1.807, 2.05) is 0 Å². The second-order valence-electron chi connectivity index (χ2n) is 4.97. The van der Waals surface area contributed by atoms with E-state index in [0.29, 0.717) is 5.41 Å². The summed E-state index contributed by atoms with van der Waals surface area (Å²) in [4.78, 5) is 0. The van der Waals surface area contributed by atoms with Crippen molar-refractivity contribution >= 4 is 12.4 Å². The third kappa shape index (κ3) is 1.65. The molecule has 88 valence electrons. The lowest BCUT2D eigenvalue weighted by atomic mass is 9.73. The minimum absolute atomic E-state index is 0. The molecule has 16 heavy (non-hydrogen) atoms. The van der Waals surface area contributed by atoms with E-state index < -0.39 is 0 Å². The van der Waals surface area contributed by atoms with E-state index in [-0.39, 0.29) is 18.4 Å². The van der Waals surface area contributed by atoms with Gasteiger partial charge in [0.1, 0.15) is 0 Å². The Balaban J connectivity index is 0.000000963. The lowest BCUT2D eigenvalue weighted by molar-refractivity contribution is 0.174. The van der Waals surface area contributed by atoms with Crippen LogP contribution in [0.5, 0.6) is 0 Å². The smallest absolute Gasteiger partial charge is 0.0359 e. The van der Waals surface area contributed by atoms with E-state index in [1.54, 1.807) is 0 Å². The van der Waals surface area contributed by atoms with Gasteiger partial charge in [0.05, 0.1) is 0 Å².